The summed E-state index contributed by atoms with van der Waals surface area (Å²) in [5, 5.41) is 15.8. The highest BCUT2D eigenvalue weighted by atomic mass is 32.2. The zero-order valence-corrected chi connectivity index (χ0v) is 16.5. The number of carbonyl (C=O) groups excluding carboxylic acids is 1. The summed E-state index contributed by atoms with van der Waals surface area (Å²) >= 11 is 4.69. The Morgan fingerprint density at radius 2 is 2.12 bits per heavy atom. The normalized spacial score (nSPS) is 11.3. The van der Waals surface area contributed by atoms with Gasteiger partial charge in [-0.1, -0.05) is 36.0 Å². The minimum atomic E-state index is 0.126. The Bertz CT molecular complexity index is 1040. The van der Waals surface area contributed by atoms with E-state index in [1.807, 2.05) is 25.1 Å². The highest BCUT2D eigenvalue weighted by Gasteiger charge is 2.17. The number of benzene rings is 1. The molecular formula is C18H16N4OS3. The van der Waals surface area contributed by atoms with E-state index in [1.165, 1.54) is 16.6 Å². The minimum absolute atomic E-state index is 0.126. The maximum Gasteiger partial charge on any atom is 0.209 e. The van der Waals surface area contributed by atoms with Crippen LogP contribution in [0.2, 0.25) is 0 Å². The quantitative estimate of drug-likeness (QED) is 0.338. The third-order valence-electron chi connectivity index (χ3n) is 4.08. The lowest BCUT2D eigenvalue weighted by atomic mass is 10.1. The fraction of sp³-hybridized carbons (Fsp3) is 0.222. The molecule has 0 atom stereocenters. The Balaban J connectivity index is 1.43. The summed E-state index contributed by atoms with van der Waals surface area (Å²) < 4.78 is 2.93. The first-order valence-corrected chi connectivity index (χ1v) is 10.8. The monoisotopic (exact) mass is 400 g/mol. The number of hydrogen-bond acceptors (Lipinski definition) is 7. The highest BCUT2D eigenvalue weighted by Crippen LogP contribution is 2.31. The van der Waals surface area contributed by atoms with Crippen LogP contribution in [0.25, 0.3) is 10.1 Å². The molecule has 5 nitrogen and oxygen atoms in total. The van der Waals surface area contributed by atoms with Crippen molar-refractivity contribution in [2.75, 3.05) is 5.75 Å². The molecule has 3 aromatic heterocycles. The van der Waals surface area contributed by atoms with E-state index in [1.54, 1.807) is 27.4 Å². The summed E-state index contributed by atoms with van der Waals surface area (Å²) in [6.07, 6.45) is 0.889. The van der Waals surface area contributed by atoms with Gasteiger partial charge in [0.15, 0.2) is 5.78 Å². The standard InChI is InChI=1S/C18H16N4OS3/c1-12-14-6-2-3-7-16(14)26-17(12)15(23)11-25-18-19-20-21-22(18)9-8-13-5-4-10-24-13/h2-7,10H,8-9,11H2,1H3. The van der Waals surface area contributed by atoms with E-state index < -0.39 is 0 Å². The van der Waals surface area contributed by atoms with Gasteiger partial charge in [-0.05, 0) is 45.8 Å². The van der Waals surface area contributed by atoms with Crippen molar-refractivity contribution in [1.29, 1.82) is 0 Å². The number of hydrogen-bond donors (Lipinski definition) is 0. The number of carbonyl (C=O) groups is 1. The molecule has 0 N–H and O–H groups in total. The zero-order chi connectivity index (χ0) is 17.9. The molecule has 0 radical (unpaired) electrons. The van der Waals surface area contributed by atoms with Gasteiger partial charge in [-0.25, -0.2) is 4.68 Å². The van der Waals surface area contributed by atoms with Gasteiger partial charge >= 0.3 is 0 Å². The molecule has 1 aromatic carbocycles. The second-order valence-corrected chi connectivity index (χ2v) is 8.81. The summed E-state index contributed by atoms with van der Waals surface area (Å²) in [6.45, 7) is 2.73. The Morgan fingerprint density at radius 3 is 2.92 bits per heavy atom. The van der Waals surface area contributed by atoms with Crippen molar-refractivity contribution < 1.29 is 4.79 Å². The fourth-order valence-electron chi connectivity index (χ4n) is 2.75. The molecule has 0 aliphatic heterocycles. The van der Waals surface area contributed by atoms with Crippen LogP contribution in [-0.2, 0) is 13.0 Å². The van der Waals surface area contributed by atoms with Gasteiger partial charge in [0.05, 0.1) is 17.2 Å². The first kappa shape index (κ1) is 17.4. The molecule has 3 heterocycles. The minimum Gasteiger partial charge on any atom is -0.292 e. The molecule has 132 valence electrons. The number of fused-ring (bicyclic) bond motifs is 1. The average Bonchev–Trinajstić information content (AvgIpc) is 3.39. The van der Waals surface area contributed by atoms with Crippen molar-refractivity contribution >= 4 is 50.3 Å². The lowest BCUT2D eigenvalue weighted by molar-refractivity contribution is 0.102. The van der Waals surface area contributed by atoms with Crippen molar-refractivity contribution in [2.24, 2.45) is 0 Å². The first-order chi connectivity index (χ1) is 12.7. The van der Waals surface area contributed by atoms with E-state index in [4.69, 9.17) is 0 Å². The van der Waals surface area contributed by atoms with E-state index in [2.05, 4.69) is 39.1 Å². The van der Waals surface area contributed by atoms with Gasteiger partial charge in [0.25, 0.3) is 0 Å². The predicted molar refractivity (Wildman–Crippen MR) is 107 cm³/mol. The molecule has 0 aliphatic carbocycles. The molecule has 4 aromatic rings. The molecule has 8 heteroatoms. The number of Topliss-reactive ketones (excluding diaryl/α,β-unsaturated/α-hetero) is 1. The molecule has 0 unspecified atom stereocenters. The number of nitrogens with zero attached hydrogens (tertiary/aromatic N) is 4. The Labute approximate surface area is 163 Å². The number of rotatable bonds is 7. The molecule has 0 bridgehead atoms. The number of aryl methyl sites for hydroxylation is 3. The second kappa shape index (κ2) is 7.69. The molecule has 26 heavy (non-hydrogen) atoms. The first-order valence-electron chi connectivity index (χ1n) is 8.15. The smallest absolute Gasteiger partial charge is 0.209 e. The van der Waals surface area contributed by atoms with Crippen molar-refractivity contribution in [3.8, 4) is 0 Å². The number of tetrazole rings is 1. The van der Waals surface area contributed by atoms with Crippen LogP contribution in [0.5, 0.6) is 0 Å². The van der Waals surface area contributed by atoms with Gasteiger partial charge in [-0.2, -0.15) is 0 Å². The van der Waals surface area contributed by atoms with Gasteiger partial charge in [0, 0.05) is 16.0 Å². The van der Waals surface area contributed by atoms with Crippen LogP contribution in [0.4, 0.5) is 0 Å². The fourth-order valence-corrected chi connectivity index (χ4v) is 5.46. The summed E-state index contributed by atoms with van der Waals surface area (Å²) in [6, 6.07) is 12.3. The molecular weight excluding hydrogens is 384 g/mol. The van der Waals surface area contributed by atoms with Gasteiger partial charge in [0.2, 0.25) is 5.16 Å². The molecule has 0 saturated carbocycles. The number of ketones is 1. The average molecular weight is 401 g/mol. The Kier molecular flexibility index (Phi) is 5.14. The largest absolute Gasteiger partial charge is 0.292 e. The zero-order valence-electron chi connectivity index (χ0n) is 14.1. The number of thiophene rings is 2. The summed E-state index contributed by atoms with van der Waals surface area (Å²) in [4.78, 5) is 14.8. The maximum absolute atomic E-state index is 12.7. The molecule has 0 aliphatic rings. The van der Waals surface area contributed by atoms with Crippen molar-refractivity contribution in [2.45, 2.75) is 25.0 Å². The van der Waals surface area contributed by atoms with Gasteiger partial charge < -0.3 is 0 Å². The highest BCUT2D eigenvalue weighted by molar-refractivity contribution is 7.99. The summed E-state index contributed by atoms with van der Waals surface area (Å²) in [5.74, 6) is 0.467. The molecule has 0 saturated heterocycles. The summed E-state index contributed by atoms with van der Waals surface area (Å²) in [5.41, 5.74) is 1.06. The van der Waals surface area contributed by atoms with Crippen LogP contribution in [0.1, 0.15) is 20.1 Å². The van der Waals surface area contributed by atoms with E-state index in [0.29, 0.717) is 17.5 Å². The van der Waals surface area contributed by atoms with E-state index >= 15 is 0 Å². The SMILES string of the molecule is Cc1c(C(=O)CSc2nnnn2CCc2cccs2)sc2ccccc12. The van der Waals surface area contributed by atoms with E-state index in [-0.39, 0.29) is 5.78 Å². The van der Waals surface area contributed by atoms with Crippen molar-refractivity contribution in [1.82, 2.24) is 20.2 Å². The third-order valence-corrected chi connectivity index (χ3v) is 7.29. The van der Waals surface area contributed by atoms with Gasteiger partial charge in [-0.3, -0.25) is 4.79 Å². The lowest BCUT2D eigenvalue weighted by Gasteiger charge is -2.03. The molecule has 0 spiro atoms. The third kappa shape index (κ3) is 3.58. The van der Waals surface area contributed by atoms with E-state index in [0.717, 1.165) is 26.9 Å². The molecule has 0 fully saturated rings. The lowest BCUT2D eigenvalue weighted by Crippen LogP contribution is -2.07. The van der Waals surface area contributed by atoms with Gasteiger partial charge in [0.1, 0.15) is 0 Å². The van der Waals surface area contributed by atoms with Crippen LogP contribution < -0.4 is 0 Å². The van der Waals surface area contributed by atoms with Crippen molar-refractivity contribution in [3.63, 3.8) is 0 Å². The second-order valence-electron chi connectivity index (χ2n) is 5.78. The Hall–Kier alpha value is -2.03. The van der Waals surface area contributed by atoms with Crippen LogP contribution in [0.3, 0.4) is 0 Å². The van der Waals surface area contributed by atoms with E-state index in [9.17, 15) is 4.79 Å². The molecule has 4 rings (SSSR count). The topological polar surface area (TPSA) is 60.7 Å². The number of thioether (sulfide) groups is 1. The maximum atomic E-state index is 12.7. The van der Waals surface area contributed by atoms with Crippen LogP contribution in [0, 0.1) is 6.92 Å². The molecule has 0 amide bonds. The van der Waals surface area contributed by atoms with Crippen molar-refractivity contribution in [3.05, 3.63) is 57.1 Å². The number of aromatic nitrogens is 4. The Morgan fingerprint density at radius 1 is 1.23 bits per heavy atom. The van der Waals surface area contributed by atoms with Crippen LogP contribution in [0.15, 0.2) is 46.9 Å². The van der Waals surface area contributed by atoms with Crippen LogP contribution in [-0.4, -0.2) is 31.7 Å². The summed E-state index contributed by atoms with van der Waals surface area (Å²) in [7, 11) is 0. The predicted octanol–water partition coefficient (Wildman–Crippen LogP) is 4.48. The van der Waals surface area contributed by atoms with Crippen LogP contribution >= 0.6 is 34.4 Å². The van der Waals surface area contributed by atoms with Gasteiger partial charge in [-0.15, -0.1) is 27.8 Å².